The number of anilines is 2. The van der Waals surface area contributed by atoms with Gasteiger partial charge in [-0.3, -0.25) is 4.79 Å². The number of piperidine rings is 1. The number of benzene rings is 2. The second-order valence-electron chi connectivity index (χ2n) is 9.63. The summed E-state index contributed by atoms with van der Waals surface area (Å²) in [5, 5.41) is 14.7. The van der Waals surface area contributed by atoms with Crippen LogP contribution in [0.25, 0.3) is 22.4 Å². The molecule has 10 nitrogen and oxygen atoms in total. The van der Waals surface area contributed by atoms with Crippen molar-refractivity contribution in [1.82, 2.24) is 24.6 Å². The molecule has 2 saturated heterocycles. The van der Waals surface area contributed by atoms with E-state index in [9.17, 15) is 4.79 Å². The molecule has 2 aliphatic heterocycles. The average Bonchev–Trinajstić information content (AvgIpc) is 3.41. The minimum Gasteiger partial charge on any atom is -0.399 e. The molecule has 0 saturated carbocycles. The maximum Gasteiger partial charge on any atom is 0.253 e. The number of rotatable bonds is 4. The Morgan fingerprint density at radius 2 is 1.68 bits per heavy atom. The molecule has 0 atom stereocenters. The van der Waals surface area contributed by atoms with E-state index in [1.54, 1.807) is 24.3 Å². The average molecular weight is 509 g/mol. The molecule has 2 aromatic carbocycles. The number of nitriles is 1. The lowest BCUT2D eigenvalue weighted by atomic mass is 10.0. The second kappa shape index (κ2) is 10.1. The molecule has 2 aromatic heterocycles. The summed E-state index contributed by atoms with van der Waals surface area (Å²) in [5.74, 6) is 1.49. The van der Waals surface area contributed by atoms with E-state index in [0.29, 0.717) is 48.9 Å². The molecule has 0 aliphatic carbocycles. The number of ether oxygens (including phenoxy) is 1. The van der Waals surface area contributed by atoms with E-state index in [4.69, 9.17) is 30.8 Å². The van der Waals surface area contributed by atoms with Gasteiger partial charge in [-0.25, -0.2) is 14.6 Å². The van der Waals surface area contributed by atoms with Gasteiger partial charge in [-0.05, 0) is 61.4 Å². The Hall–Kier alpha value is -4.49. The number of likely N-dealkylation sites (tertiary alicyclic amines) is 1. The minimum atomic E-state index is -0.0131. The van der Waals surface area contributed by atoms with E-state index >= 15 is 0 Å². The SMILES string of the molecule is N#Cc1ccc(C(=O)N2CCC(n3ncc4c(N5CCOCC5)nc(-c5ccc(N)cc5)nc43)CC2)cc1. The van der Waals surface area contributed by atoms with Crippen LogP contribution in [-0.4, -0.2) is 69.9 Å². The molecule has 10 heteroatoms. The predicted molar refractivity (Wildman–Crippen MR) is 144 cm³/mol. The first-order valence-corrected chi connectivity index (χ1v) is 12.8. The monoisotopic (exact) mass is 508 g/mol. The van der Waals surface area contributed by atoms with Gasteiger partial charge in [0.1, 0.15) is 5.82 Å². The Labute approximate surface area is 220 Å². The molecule has 6 rings (SSSR count). The van der Waals surface area contributed by atoms with Gasteiger partial charge in [-0.15, -0.1) is 0 Å². The maximum absolute atomic E-state index is 13.0. The second-order valence-corrected chi connectivity index (χ2v) is 9.63. The highest BCUT2D eigenvalue weighted by atomic mass is 16.5. The third-order valence-corrected chi connectivity index (χ3v) is 7.27. The van der Waals surface area contributed by atoms with E-state index in [0.717, 1.165) is 48.3 Å². The Balaban J connectivity index is 1.29. The van der Waals surface area contributed by atoms with E-state index in [-0.39, 0.29) is 11.9 Å². The lowest BCUT2D eigenvalue weighted by Crippen LogP contribution is -2.39. The van der Waals surface area contributed by atoms with Crippen LogP contribution in [0.4, 0.5) is 11.5 Å². The molecule has 0 unspecified atom stereocenters. The van der Waals surface area contributed by atoms with Crippen molar-refractivity contribution in [3.8, 4) is 17.5 Å². The number of fused-ring (bicyclic) bond motifs is 1. The summed E-state index contributed by atoms with van der Waals surface area (Å²) in [4.78, 5) is 27.1. The highest BCUT2D eigenvalue weighted by molar-refractivity contribution is 5.94. The Morgan fingerprint density at radius 1 is 0.974 bits per heavy atom. The first-order valence-electron chi connectivity index (χ1n) is 12.8. The molecule has 192 valence electrons. The molecule has 4 heterocycles. The van der Waals surface area contributed by atoms with Gasteiger partial charge in [0.05, 0.1) is 42.5 Å². The van der Waals surface area contributed by atoms with E-state index in [1.807, 2.05) is 40.0 Å². The Bertz CT molecular complexity index is 1490. The van der Waals surface area contributed by atoms with Crippen LogP contribution < -0.4 is 10.6 Å². The molecular weight excluding hydrogens is 480 g/mol. The molecule has 2 aliphatic rings. The lowest BCUT2D eigenvalue weighted by Gasteiger charge is -2.32. The zero-order chi connectivity index (χ0) is 26.1. The third kappa shape index (κ3) is 4.53. The summed E-state index contributed by atoms with van der Waals surface area (Å²) in [6.07, 6.45) is 3.40. The number of nitrogens with two attached hydrogens (primary N) is 1. The summed E-state index contributed by atoms with van der Waals surface area (Å²) < 4.78 is 7.57. The van der Waals surface area contributed by atoms with Crippen molar-refractivity contribution in [2.75, 3.05) is 50.0 Å². The van der Waals surface area contributed by atoms with Crippen LogP contribution in [0.2, 0.25) is 0 Å². The fraction of sp³-hybridized carbons (Fsp3) is 0.321. The van der Waals surface area contributed by atoms with Crippen molar-refractivity contribution in [3.05, 3.63) is 65.9 Å². The van der Waals surface area contributed by atoms with Crippen LogP contribution >= 0.6 is 0 Å². The van der Waals surface area contributed by atoms with Crippen molar-refractivity contribution in [2.24, 2.45) is 0 Å². The predicted octanol–water partition coefficient (Wildman–Crippen LogP) is 3.26. The third-order valence-electron chi connectivity index (χ3n) is 7.27. The van der Waals surface area contributed by atoms with Gasteiger partial charge in [-0.2, -0.15) is 10.4 Å². The number of nitrogen functional groups attached to an aromatic ring is 1. The number of aromatic nitrogens is 4. The highest BCUT2D eigenvalue weighted by Crippen LogP contribution is 2.32. The zero-order valence-electron chi connectivity index (χ0n) is 21.0. The van der Waals surface area contributed by atoms with Crippen LogP contribution in [0.1, 0.15) is 34.8 Å². The largest absolute Gasteiger partial charge is 0.399 e. The van der Waals surface area contributed by atoms with Gasteiger partial charge in [0.2, 0.25) is 0 Å². The van der Waals surface area contributed by atoms with Crippen molar-refractivity contribution < 1.29 is 9.53 Å². The summed E-state index contributed by atoms with van der Waals surface area (Å²) >= 11 is 0. The van der Waals surface area contributed by atoms with Gasteiger partial charge >= 0.3 is 0 Å². The van der Waals surface area contributed by atoms with E-state index in [2.05, 4.69) is 11.0 Å². The molecular formula is C28H28N8O2. The summed E-state index contributed by atoms with van der Waals surface area (Å²) in [7, 11) is 0. The van der Waals surface area contributed by atoms with Gasteiger partial charge in [0.15, 0.2) is 11.5 Å². The van der Waals surface area contributed by atoms with Gasteiger partial charge in [0, 0.05) is 43.0 Å². The van der Waals surface area contributed by atoms with E-state index in [1.165, 1.54) is 0 Å². The number of carbonyl (C=O) groups excluding carboxylic acids is 1. The number of nitrogens with zero attached hydrogens (tertiary/aromatic N) is 7. The molecule has 38 heavy (non-hydrogen) atoms. The summed E-state index contributed by atoms with van der Waals surface area (Å²) in [6.45, 7) is 4.07. The maximum atomic E-state index is 13.0. The first-order chi connectivity index (χ1) is 18.6. The number of carbonyl (C=O) groups is 1. The Morgan fingerprint density at radius 3 is 2.37 bits per heavy atom. The highest BCUT2D eigenvalue weighted by Gasteiger charge is 2.28. The van der Waals surface area contributed by atoms with E-state index < -0.39 is 0 Å². The number of morpholine rings is 1. The Kier molecular flexibility index (Phi) is 6.35. The number of hydrogen-bond donors (Lipinski definition) is 1. The molecule has 2 fully saturated rings. The van der Waals surface area contributed by atoms with Crippen LogP contribution in [0.5, 0.6) is 0 Å². The van der Waals surface area contributed by atoms with Gasteiger partial charge in [-0.1, -0.05) is 0 Å². The summed E-state index contributed by atoms with van der Waals surface area (Å²) in [6, 6.07) is 16.6. The first kappa shape index (κ1) is 23.9. The summed E-state index contributed by atoms with van der Waals surface area (Å²) in [5.41, 5.74) is 9.44. The smallest absolute Gasteiger partial charge is 0.253 e. The van der Waals surface area contributed by atoms with Crippen LogP contribution in [0.15, 0.2) is 54.7 Å². The number of amides is 1. The molecule has 4 aromatic rings. The molecule has 0 spiro atoms. The lowest BCUT2D eigenvalue weighted by molar-refractivity contribution is 0.0691. The van der Waals surface area contributed by atoms with Crippen molar-refractivity contribution in [2.45, 2.75) is 18.9 Å². The quantitative estimate of drug-likeness (QED) is 0.416. The normalized spacial score (nSPS) is 16.5. The van der Waals surface area contributed by atoms with Gasteiger partial charge < -0.3 is 20.3 Å². The van der Waals surface area contributed by atoms with Crippen molar-refractivity contribution in [1.29, 1.82) is 5.26 Å². The molecule has 0 bridgehead atoms. The molecule has 2 N–H and O–H groups in total. The van der Waals surface area contributed by atoms with Crippen LogP contribution in [0, 0.1) is 11.3 Å². The fourth-order valence-corrected chi connectivity index (χ4v) is 5.14. The topological polar surface area (TPSA) is 126 Å². The number of hydrogen-bond acceptors (Lipinski definition) is 8. The van der Waals surface area contributed by atoms with Crippen LogP contribution in [-0.2, 0) is 4.74 Å². The molecule has 0 radical (unpaired) electrons. The standard InChI is InChI=1S/C28H28N8O2/c29-17-19-1-3-21(4-2-19)28(37)35-11-9-23(10-12-35)36-27-24(18-31-36)26(34-13-15-38-16-14-34)32-25(33-27)20-5-7-22(30)8-6-20/h1-8,18,23H,9-16,30H2. The van der Waals surface area contributed by atoms with Crippen molar-refractivity contribution >= 4 is 28.4 Å². The van der Waals surface area contributed by atoms with Gasteiger partial charge in [0.25, 0.3) is 5.91 Å². The minimum absolute atomic E-state index is 0.0131. The van der Waals surface area contributed by atoms with Crippen molar-refractivity contribution in [3.63, 3.8) is 0 Å². The zero-order valence-corrected chi connectivity index (χ0v) is 21.0. The fourth-order valence-electron chi connectivity index (χ4n) is 5.14. The van der Waals surface area contributed by atoms with Crippen LogP contribution in [0.3, 0.4) is 0 Å². The molecule has 1 amide bonds.